The molecule has 5 rings (SSSR count). The van der Waals surface area contributed by atoms with Gasteiger partial charge in [-0.3, -0.25) is 24.2 Å². The van der Waals surface area contributed by atoms with Gasteiger partial charge in [0.1, 0.15) is 18.3 Å². The monoisotopic (exact) mass is 549 g/mol. The predicted octanol–water partition coefficient (Wildman–Crippen LogP) is 2.89. The molecule has 0 bridgehead atoms. The van der Waals surface area contributed by atoms with Gasteiger partial charge in [0, 0.05) is 43.7 Å². The van der Waals surface area contributed by atoms with Gasteiger partial charge < -0.3 is 9.80 Å². The number of imidazole rings is 1. The predicted molar refractivity (Wildman–Crippen MR) is 129 cm³/mol. The number of hydrogen-bond acceptors (Lipinski definition) is 5. The lowest BCUT2D eigenvalue weighted by Gasteiger charge is -2.33. The molecule has 14 heteroatoms. The van der Waals surface area contributed by atoms with Gasteiger partial charge in [-0.25, -0.2) is 4.79 Å². The first-order valence-electron chi connectivity index (χ1n) is 12.0. The number of likely N-dealkylation sites (tertiary alicyclic amines) is 1. The van der Waals surface area contributed by atoms with Gasteiger partial charge >= 0.3 is 11.9 Å². The summed E-state index contributed by atoms with van der Waals surface area (Å²) < 4.78 is 41.6. The molecule has 2 aliphatic heterocycles. The Hall–Kier alpha value is -3.79. The van der Waals surface area contributed by atoms with Crippen LogP contribution in [0, 0.1) is 17.2 Å². The zero-order valence-corrected chi connectivity index (χ0v) is 20.8. The molecule has 2 amide bonds. The number of carbonyl (C=O) groups is 2. The van der Waals surface area contributed by atoms with Crippen LogP contribution in [0.15, 0.2) is 23.3 Å². The molecule has 0 unspecified atom stereocenters. The molecule has 2 aliphatic rings. The Morgan fingerprint density at radius 3 is 2.66 bits per heavy atom. The van der Waals surface area contributed by atoms with Crippen molar-refractivity contribution in [1.29, 1.82) is 5.26 Å². The summed E-state index contributed by atoms with van der Waals surface area (Å²) in [6.45, 7) is -1.07. The SMILES string of the molecule is N#Cc1cn(C2CCN(C(=O)C[C@@H]3Cc4cc(Cl)c5[nH]ncc5c4CN(CC(F)(F)F)C3=O)CC2)c(=O)[nH]1. The minimum absolute atomic E-state index is 0.0707. The number of aromatic nitrogens is 4. The fourth-order valence-electron chi connectivity index (χ4n) is 5.41. The highest BCUT2D eigenvalue weighted by atomic mass is 35.5. The van der Waals surface area contributed by atoms with Crippen LogP contribution >= 0.6 is 11.6 Å². The van der Waals surface area contributed by atoms with Crippen molar-refractivity contribution < 1.29 is 22.8 Å². The Balaban J connectivity index is 1.35. The van der Waals surface area contributed by atoms with E-state index < -0.39 is 30.2 Å². The normalized spacial score (nSPS) is 18.9. The second kappa shape index (κ2) is 9.83. The van der Waals surface area contributed by atoms with E-state index in [9.17, 15) is 27.6 Å². The smallest absolute Gasteiger partial charge is 0.343 e. The van der Waals surface area contributed by atoms with Gasteiger partial charge in [-0.2, -0.15) is 23.5 Å². The number of H-pyrrole nitrogens is 2. The first kappa shape index (κ1) is 25.8. The van der Waals surface area contributed by atoms with Crippen LogP contribution in [-0.2, 0) is 22.6 Å². The van der Waals surface area contributed by atoms with Crippen LogP contribution < -0.4 is 5.69 Å². The third-order valence-electron chi connectivity index (χ3n) is 7.23. The standard InChI is InChI=1S/C24H23ClF3N7O3/c25-19-6-13-5-14(22(37)34(12-24(26,27)28)11-18(13)17-9-30-32-21(17)19)7-20(36)33-3-1-16(2-4-33)35-10-15(8-29)31-23(35)38/h6,9-10,14,16H,1-5,7,11-12H2,(H,30,32)(H,31,38)/t14-/m0/s1. The van der Waals surface area contributed by atoms with Crippen molar-refractivity contribution in [3.05, 3.63) is 50.8 Å². The fraction of sp³-hybridized carbons (Fsp3) is 0.458. The van der Waals surface area contributed by atoms with Crippen molar-refractivity contribution >= 4 is 34.3 Å². The average Bonchev–Trinajstić information content (AvgIpc) is 3.48. The molecule has 1 saturated heterocycles. The molecular weight excluding hydrogens is 527 g/mol. The first-order chi connectivity index (χ1) is 18.0. The quantitative estimate of drug-likeness (QED) is 0.517. The molecule has 1 aromatic carbocycles. The van der Waals surface area contributed by atoms with Crippen LogP contribution in [0.4, 0.5) is 13.2 Å². The molecule has 3 aromatic rings. The lowest BCUT2D eigenvalue weighted by atomic mass is 9.92. The highest BCUT2D eigenvalue weighted by Crippen LogP contribution is 2.35. The minimum atomic E-state index is -4.61. The van der Waals surface area contributed by atoms with Crippen LogP contribution in [0.1, 0.15) is 42.1 Å². The summed E-state index contributed by atoms with van der Waals surface area (Å²) >= 11 is 6.36. The Labute approximate surface area is 219 Å². The van der Waals surface area contributed by atoms with Gasteiger partial charge in [-0.1, -0.05) is 11.6 Å². The number of nitrogens with zero attached hydrogens (tertiary/aromatic N) is 5. The number of rotatable bonds is 4. The van der Waals surface area contributed by atoms with E-state index in [0.29, 0.717) is 53.0 Å². The van der Waals surface area contributed by atoms with Crippen molar-refractivity contribution in [2.24, 2.45) is 5.92 Å². The van der Waals surface area contributed by atoms with Crippen molar-refractivity contribution in [3.8, 4) is 6.07 Å². The zero-order chi connectivity index (χ0) is 27.2. The van der Waals surface area contributed by atoms with Crippen molar-refractivity contribution in [2.45, 2.75) is 44.4 Å². The highest BCUT2D eigenvalue weighted by molar-refractivity contribution is 6.35. The molecule has 0 saturated carbocycles. The number of nitriles is 1. The average molecular weight is 550 g/mol. The van der Waals surface area contributed by atoms with E-state index in [1.165, 1.54) is 17.0 Å². The van der Waals surface area contributed by atoms with Crippen LogP contribution in [0.2, 0.25) is 5.02 Å². The number of benzene rings is 1. The summed E-state index contributed by atoms with van der Waals surface area (Å²) in [6, 6.07) is 3.31. The number of hydrogen-bond donors (Lipinski definition) is 2. The van der Waals surface area contributed by atoms with E-state index in [-0.39, 0.29) is 37.0 Å². The molecule has 0 radical (unpaired) electrons. The first-order valence-corrected chi connectivity index (χ1v) is 12.4. The van der Waals surface area contributed by atoms with E-state index in [2.05, 4.69) is 15.2 Å². The molecule has 4 heterocycles. The Morgan fingerprint density at radius 2 is 2.00 bits per heavy atom. The summed E-state index contributed by atoms with van der Waals surface area (Å²) in [5.41, 5.74) is 1.37. The van der Waals surface area contributed by atoms with E-state index in [0.717, 1.165) is 4.90 Å². The van der Waals surface area contributed by atoms with E-state index >= 15 is 0 Å². The zero-order valence-electron chi connectivity index (χ0n) is 20.0. The maximum Gasteiger partial charge on any atom is 0.406 e. The summed E-state index contributed by atoms with van der Waals surface area (Å²) in [5, 5.41) is 16.6. The molecule has 0 spiro atoms. The second-order valence-electron chi connectivity index (χ2n) is 9.67. The molecule has 2 N–H and O–H groups in total. The maximum absolute atomic E-state index is 13.4. The third-order valence-corrected chi connectivity index (χ3v) is 7.53. The molecule has 38 heavy (non-hydrogen) atoms. The van der Waals surface area contributed by atoms with Crippen LogP contribution in [0.3, 0.4) is 0 Å². The van der Waals surface area contributed by atoms with Crippen molar-refractivity contribution in [3.63, 3.8) is 0 Å². The number of piperidine rings is 1. The molecular formula is C24H23ClF3N7O3. The summed E-state index contributed by atoms with van der Waals surface area (Å²) in [5.74, 6) is -2.07. The second-order valence-corrected chi connectivity index (χ2v) is 10.1. The molecule has 200 valence electrons. The Morgan fingerprint density at radius 1 is 1.26 bits per heavy atom. The number of halogens is 4. The van der Waals surface area contributed by atoms with Gasteiger partial charge in [-0.05, 0) is 36.5 Å². The Bertz CT molecular complexity index is 1490. The third kappa shape index (κ3) is 5.00. The van der Waals surface area contributed by atoms with Crippen LogP contribution in [0.5, 0.6) is 0 Å². The van der Waals surface area contributed by atoms with Crippen LogP contribution in [0.25, 0.3) is 10.9 Å². The summed E-state index contributed by atoms with van der Waals surface area (Å²) in [4.78, 5) is 43.4. The van der Waals surface area contributed by atoms with E-state index in [1.807, 2.05) is 6.07 Å². The number of amides is 2. The maximum atomic E-state index is 13.4. The van der Waals surface area contributed by atoms with E-state index in [4.69, 9.17) is 16.9 Å². The number of fused-ring (bicyclic) bond motifs is 3. The topological polar surface area (TPSA) is 131 Å². The molecule has 10 nitrogen and oxygen atoms in total. The summed E-state index contributed by atoms with van der Waals surface area (Å²) in [7, 11) is 0. The fourth-order valence-corrected chi connectivity index (χ4v) is 5.69. The minimum Gasteiger partial charge on any atom is -0.343 e. The number of alkyl halides is 3. The number of carbonyl (C=O) groups excluding carboxylic acids is 2. The van der Waals surface area contributed by atoms with Gasteiger partial charge in [0.25, 0.3) is 0 Å². The molecule has 0 aliphatic carbocycles. The molecule has 1 fully saturated rings. The molecule has 2 aromatic heterocycles. The number of aromatic amines is 2. The summed E-state index contributed by atoms with van der Waals surface area (Å²) in [6.07, 6.45) is -0.943. The van der Waals surface area contributed by atoms with Crippen molar-refractivity contribution in [1.82, 2.24) is 29.5 Å². The molecule has 1 atom stereocenters. The van der Waals surface area contributed by atoms with Crippen molar-refractivity contribution in [2.75, 3.05) is 19.6 Å². The lowest BCUT2D eigenvalue weighted by Crippen LogP contribution is -2.44. The van der Waals surface area contributed by atoms with Gasteiger partial charge in [-0.15, -0.1) is 0 Å². The van der Waals surface area contributed by atoms with Gasteiger partial charge in [0.15, 0.2) is 0 Å². The highest BCUT2D eigenvalue weighted by Gasteiger charge is 2.39. The van der Waals surface area contributed by atoms with Gasteiger partial charge in [0.2, 0.25) is 11.8 Å². The largest absolute Gasteiger partial charge is 0.406 e. The number of nitrogens with one attached hydrogen (secondary N) is 2. The van der Waals surface area contributed by atoms with E-state index in [1.54, 1.807) is 11.0 Å². The van der Waals surface area contributed by atoms with Gasteiger partial charge in [0.05, 0.1) is 22.7 Å². The lowest BCUT2D eigenvalue weighted by molar-refractivity contribution is -0.165. The Kier molecular flexibility index (Phi) is 6.68. The van der Waals surface area contributed by atoms with Crippen LogP contribution in [-0.4, -0.2) is 67.2 Å².